The second kappa shape index (κ2) is 9.71. The van der Waals surface area contributed by atoms with E-state index in [0.717, 1.165) is 11.1 Å². The Hall–Kier alpha value is -3.57. The summed E-state index contributed by atoms with van der Waals surface area (Å²) in [5, 5.41) is 5.30. The van der Waals surface area contributed by atoms with Gasteiger partial charge in [0.2, 0.25) is 0 Å². The summed E-state index contributed by atoms with van der Waals surface area (Å²) in [5.41, 5.74) is 1.14. The van der Waals surface area contributed by atoms with Crippen LogP contribution in [0.1, 0.15) is 18.4 Å². The van der Waals surface area contributed by atoms with Crippen molar-refractivity contribution in [2.24, 2.45) is 0 Å². The number of fused-ring (bicyclic) bond motifs is 1. The van der Waals surface area contributed by atoms with Crippen molar-refractivity contribution in [1.29, 1.82) is 0 Å². The van der Waals surface area contributed by atoms with Crippen LogP contribution in [0, 0.1) is 0 Å². The molecule has 6 heteroatoms. The third-order valence-electron chi connectivity index (χ3n) is 5.01. The van der Waals surface area contributed by atoms with E-state index in [9.17, 15) is 9.59 Å². The van der Waals surface area contributed by atoms with Crippen molar-refractivity contribution < 1.29 is 19.1 Å². The smallest absolute Gasteiger partial charge is 0.259 e. The van der Waals surface area contributed by atoms with Crippen molar-refractivity contribution in [3.05, 3.63) is 89.1 Å². The lowest BCUT2D eigenvalue weighted by molar-refractivity contribution is -0.123. The molecule has 0 aromatic heterocycles. The SMILES string of the molecule is C=C1CC(=O)/C(=C\c2ccc(OCCCOc3ccc4ccccc4c3)c(Cl)c2)C(=O)N1. The number of ether oxygens (including phenoxy) is 2. The fourth-order valence-electron chi connectivity index (χ4n) is 3.41. The Morgan fingerprint density at radius 2 is 1.75 bits per heavy atom. The number of benzene rings is 3. The molecule has 0 atom stereocenters. The average molecular weight is 448 g/mol. The van der Waals surface area contributed by atoms with Gasteiger partial charge in [-0.3, -0.25) is 9.59 Å². The zero-order chi connectivity index (χ0) is 22.5. The molecule has 1 N–H and O–H groups in total. The minimum absolute atomic E-state index is 0.0907. The molecule has 5 nitrogen and oxygen atoms in total. The maximum absolute atomic E-state index is 12.1. The number of amides is 1. The molecular weight excluding hydrogens is 426 g/mol. The Morgan fingerprint density at radius 1 is 0.969 bits per heavy atom. The summed E-state index contributed by atoms with van der Waals surface area (Å²) in [6.07, 6.45) is 2.32. The number of carbonyl (C=O) groups is 2. The lowest BCUT2D eigenvalue weighted by atomic mass is 9.99. The summed E-state index contributed by atoms with van der Waals surface area (Å²) in [6, 6.07) is 19.3. The van der Waals surface area contributed by atoms with Gasteiger partial charge in [-0.1, -0.05) is 54.6 Å². The largest absolute Gasteiger partial charge is 0.493 e. The van der Waals surface area contributed by atoms with Gasteiger partial charge in [-0.2, -0.15) is 0 Å². The normalized spacial score (nSPS) is 15.2. The highest BCUT2D eigenvalue weighted by Crippen LogP contribution is 2.27. The van der Waals surface area contributed by atoms with Crippen molar-refractivity contribution in [1.82, 2.24) is 5.32 Å². The Bertz CT molecular complexity index is 1210. The molecule has 162 valence electrons. The molecule has 0 unspecified atom stereocenters. The van der Waals surface area contributed by atoms with Gasteiger partial charge in [0.15, 0.2) is 5.78 Å². The molecule has 3 aromatic rings. The topological polar surface area (TPSA) is 64.6 Å². The minimum atomic E-state index is -0.450. The number of Topliss-reactive ketones (excluding diaryl/α,β-unsaturated/α-hetero) is 1. The van der Waals surface area contributed by atoms with Gasteiger partial charge in [0.1, 0.15) is 11.5 Å². The summed E-state index contributed by atoms with van der Waals surface area (Å²) in [7, 11) is 0. The van der Waals surface area contributed by atoms with E-state index in [1.54, 1.807) is 18.2 Å². The van der Waals surface area contributed by atoms with Crippen LogP contribution in [0.4, 0.5) is 0 Å². The zero-order valence-corrected chi connectivity index (χ0v) is 18.2. The molecule has 0 bridgehead atoms. The molecule has 32 heavy (non-hydrogen) atoms. The van der Waals surface area contributed by atoms with E-state index >= 15 is 0 Å². The lowest BCUT2D eigenvalue weighted by Gasteiger charge is -2.16. The van der Waals surface area contributed by atoms with Crippen LogP contribution in [-0.4, -0.2) is 24.9 Å². The predicted octanol–water partition coefficient (Wildman–Crippen LogP) is 5.33. The molecule has 0 saturated carbocycles. The Morgan fingerprint density at radius 3 is 2.53 bits per heavy atom. The molecule has 4 rings (SSSR count). The van der Waals surface area contributed by atoms with Crippen molar-refractivity contribution >= 4 is 40.1 Å². The maximum atomic E-state index is 12.1. The molecule has 0 radical (unpaired) electrons. The molecule has 1 saturated heterocycles. The minimum Gasteiger partial charge on any atom is -0.493 e. The van der Waals surface area contributed by atoms with Crippen LogP contribution in [-0.2, 0) is 9.59 Å². The Balaban J connectivity index is 1.29. The monoisotopic (exact) mass is 447 g/mol. The van der Waals surface area contributed by atoms with Crippen molar-refractivity contribution in [2.45, 2.75) is 12.8 Å². The average Bonchev–Trinajstić information content (AvgIpc) is 2.77. The van der Waals surface area contributed by atoms with E-state index < -0.39 is 5.91 Å². The van der Waals surface area contributed by atoms with Crippen LogP contribution in [0.2, 0.25) is 5.02 Å². The second-order valence-corrected chi connectivity index (χ2v) is 7.87. The van der Waals surface area contributed by atoms with Crippen LogP contribution in [0.25, 0.3) is 16.8 Å². The highest BCUT2D eigenvalue weighted by Gasteiger charge is 2.25. The first-order chi connectivity index (χ1) is 15.5. The van der Waals surface area contributed by atoms with Gasteiger partial charge in [0, 0.05) is 12.1 Å². The molecule has 3 aromatic carbocycles. The van der Waals surface area contributed by atoms with Crippen LogP contribution in [0.3, 0.4) is 0 Å². The van der Waals surface area contributed by atoms with Gasteiger partial charge < -0.3 is 14.8 Å². The van der Waals surface area contributed by atoms with Gasteiger partial charge >= 0.3 is 0 Å². The van der Waals surface area contributed by atoms with Crippen molar-refractivity contribution in [2.75, 3.05) is 13.2 Å². The van der Waals surface area contributed by atoms with Gasteiger partial charge in [0.05, 0.1) is 30.2 Å². The van der Waals surface area contributed by atoms with Gasteiger partial charge in [-0.25, -0.2) is 0 Å². The number of hydrogen-bond donors (Lipinski definition) is 1. The van der Waals surface area contributed by atoms with Crippen molar-refractivity contribution in [3.63, 3.8) is 0 Å². The van der Waals surface area contributed by atoms with E-state index in [4.69, 9.17) is 21.1 Å². The number of ketones is 1. The number of nitrogens with one attached hydrogen (secondary N) is 1. The standard InChI is InChI=1S/C26H22ClNO4/c1-17-13-24(29)22(26(30)28-17)14-18-7-10-25(23(27)15-18)32-12-4-11-31-21-9-8-19-5-2-3-6-20(19)16-21/h2-3,5-10,14-16H,1,4,11-13H2,(H,28,30)/b22-14+. The molecule has 1 fully saturated rings. The highest BCUT2D eigenvalue weighted by molar-refractivity contribution is 6.32. The maximum Gasteiger partial charge on any atom is 0.259 e. The van der Waals surface area contributed by atoms with E-state index in [1.807, 2.05) is 30.3 Å². The molecular formula is C26H22ClNO4. The van der Waals surface area contributed by atoms with E-state index in [-0.39, 0.29) is 17.8 Å². The summed E-state index contributed by atoms with van der Waals surface area (Å²) in [5.74, 6) is 0.645. The van der Waals surface area contributed by atoms with E-state index in [0.29, 0.717) is 41.7 Å². The van der Waals surface area contributed by atoms with E-state index in [2.05, 4.69) is 24.0 Å². The van der Waals surface area contributed by atoms with Crippen molar-refractivity contribution in [3.8, 4) is 11.5 Å². The summed E-state index contributed by atoms with van der Waals surface area (Å²) in [6.45, 7) is 4.58. The fraction of sp³-hybridized carbons (Fsp3) is 0.154. The first-order valence-electron chi connectivity index (χ1n) is 10.3. The van der Waals surface area contributed by atoms with Gasteiger partial charge in [0.25, 0.3) is 5.91 Å². The highest BCUT2D eigenvalue weighted by atomic mass is 35.5. The predicted molar refractivity (Wildman–Crippen MR) is 126 cm³/mol. The second-order valence-electron chi connectivity index (χ2n) is 7.46. The first kappa shape index (κ1) is 21.7. The third kappa shape index (κ3) is 5.18. The number of halogens is 1. The third-order valence-corrected chi connectivity index (χ3v) is 5.31. The summed E-state index contributed by atoms with van der Waals surface area (Å²) in [4.78, 5) is 24.1. The number of allylic oxidation sites excluding steroid dienone is 1. The summed E-state index contributed by atoms with van der Waals surface area (Å²) < 4.78 is 11.6. The number of rotatable bonds is 7. The molecule has 1 heterocycles. The molecule has 1 aliphatic rings. The van der Waals surface area contributed by atoms with Gasteiger partial charge in [-0.05, 0) is 46.7 Å². The van der Waals surface area contributed by atoms with E-state index in [1.165, 1.54) is 11.5 Å². The lowest BCUT2D eigenvalue weighted by Crippen LogP contribution is -2.34. The first-order valence-corrected chi connectivity index (χ1v) is 10.7. The van der Waals surface area contributed by atoms with Crippen LogP contribution in [0.5, 0.6) is 11.5 Å². The zero-order valence-electron chi connectivity index (χ0n) is 17.4. The van der Waals surface area contributed by atoms with Gasteiger partial charge in [-0.15, -0.1) is 0 Å². The molecule has 0 spiro atoms. The molecule has 0 aliphatic carbocycles. The number of hydrogen-bond acceptors (Lipinski definition) is 4. The summed E-state index contributed by atoms with van der Waals surface area (Å²) >= 11 is 6.32. The quantitative estimate of drug-likeness (QED) is 0.302. The number of piperidine rings is 1. The Labute approximate surface area is 191 Å². The van der Waals surface area contributed by atoms with Crippen LogP contribution >= 0.6 is 11.6 Å². The molecule has 1 amide bonds. The van der Waals surface area contributed by atoms with Crippen LogP contribution in [0.15, 0.2) is 78.5 Å². The number of carbonyl (C=O) groups excluding carboxylic acids is 2. The Kier molecular flexibility index (Phi) is 6.57. The fourth-order valence-corrected chi connectivity index (χ4v) is 3.66. The van der Waals surface area contributed by atoms with Crippen LogP contribution < -0.4 is 14.8 Å². The molecule has 1 aliphatic heterocycles.